The smallest absolute Gasteiger partial charge is 0.258 e. The normalized spacial score (nSPS) is 12.7. The van der Waals surface area contributed by atoms with Gasteiger partial charge in [-0.25, -0.2) is 0 Å². The Balaban J connectivity index is 1.56. The molecule has 0 unspecified atom stereocenters. The van der Waals surface area contributed by atoms with E-state index in [1.807, 2.05) is 55.5 Å². The second-order valence-electron chi connectivity index (χ2n) is 7.76. The molecule has 1 aromatic heterocycles. The monoisotopic (exact) mass is 434 g/mol. The number of benzene rings is 2. The first-order valence-electron chi connectivity index (χ1n) is 10.5. The number of anilines is 2. The molecular formula is C25H26N2O3S. The number of amides is 2. The van der Waals surface area contributed by atoms with E-state index in [0.717, 1.165) is 53.8 Å². The molecule has 5 nitrogen and oxygen atoms in total. The molecule has 2 aromatic carbocycles. The third kappa shape index (κ3) is 4.80. The number of carbonyl (C=O) groups is 2. The zero-order chi connectivity index (χ0) is 21.8. The van der Waals surface area contributed by atoms with Crippen molar-refractivity contribution in [2.24, 2.45) is 0 Å². The minimum Gasteiger partial charge on any atom is -0.497 e. The molecular weight excluding hydrogens is 408 g/mol. The van der Waals surface area contributed by atoms with Gasteiger partial charge in [0.25, 0.3) is 5.91 Å². The molecule has 0 spiro atoms. The summed E-state index contributed by atoms with van der Waals surface area (Å²) in [6, 6.07) is 15.2. The van der Waals surface area contributed by atoms with E-state index in [0.29, 0.717) is 10.6 Å². The average molecular weight is 435 g/mol. The Morgan fingerprint density at radius 2 is 1.74 bits per heavy atom. The predicted molar refractivity (Wildman–Crippen MR) is 125 cm³/mol. The van der Waals surface area contributed by atoms with Crippen molar-refractivity contribution in [2.45, 2.75) is 39.0 Å². The molecule has 0 fully saturated rings. The topological polar surface area (TPSA) is 67.4 Å². The summed E-state index contributed by atoms with van der Waals surface area (Å²) in [4.78, 5) is 27.2. The molecule has 1 heterocycles. The number of ether oxygens (including phenoxy) is 1. The van der Waals surface area contributed by atoms with Gasteiger partial charge in [0.05, 0.1) is 19.1 Å². The lowest BCUT2D eigenvalue weighted by atomic mass is 9.95. The number of thiophene rings is 1. The van der Waals surface area contributed by atoms with Crippen LogP contribution in [0.25, 0.3) is 0 Å². The van der Waals surface area contributed by atoms with Crippen molar-refractivity contribution in [3.63, 3.8) is 0 Å². The Bertz CT molecular complexity index is 1100. The van der Waals surface area contributed by atoms with Gasteiger partial charge in [0, 0.05) is 10.6 Å². The summed E-state index contributed by atoms with van der Waals surface area (Å²) >= 11 is 1.54. The third-order valence-electron chi connectivity index (χ3n) is 5.57. The maximum atomic E-state index is 13.3. The van der Waals surface area contributed by atoms with Crippen LogP contribution in [0.5, 0.6) is 5.75 Å². The SMILES string of the molecule is COc1ccc(CC(=O)Nc2sc3c(c2C(=O)Nc2ccccc2C)CCCC3)cc1. The maximum Gasteiger partial charge on any atom is 0.258 e. The lowest BCUT2D eigenvalue weighted by Crippen LogP contribution is -2.19. The van der Waals surface area contributed by atoms with Gasteiger partial charge in [0.15, 0.2) is 0 Å². The fourth-order valence-corrected chi connectivity index (χ4v) is 5.19. The number of hydrogen-bond acceptors (Lipinski definition) is 4. The average Bonchev–Trinajstić information content (AvgIpc) is 3.13. The Morgan fingerprint density at radius 3 is 2.48 bits per heavy atom. The Labute approximate surface area is 186 Å². The predicted octanol–water partition coefficient (Wildman–Crippen LogP) is 5.38. The third-order valence-corrected chi connectivity index (χ3v) is 6.78. The van der Waals surface area contributed by atoms with Crippen LogP contribution in [0.1, 0.15) is 44.8 Å². The largest absolute Gasteiger partial charge is 0.497 e. The summed E-state index contributed by atoms with van der Waals surface area (Å²) in [5.41, 5.74) is 4.39. The summed E-state index contributed by atoms with van der Waals surface area (Å²) in [5, 5.41) is 6.70. The number of fused-ring (bicyclic) bond motifs is 1. The fraction of sp³-hybridized carbons (Fsp3) is 0.280. The van der Waals surface area contributed by atoms with Gasteiger partial charge in [-0.2, -0.15) is 0 Å². The van der Waals surface area contributed by atoms with E-state index in [-0.39, 0.29) is 18.2 Å². The summed E-state index contributed by atoms with van der Waals surface area (Å²) in [7, 11) is 1.61. The summed E-state index contributed by atoms with van der Waals surface area (Å²) < 4.78 is 5.17. The number of aryl methyl sites for hydroxylation is 2. The van der Waals surface area contributed by atoms with Crippen LogP contribution < -0.4 is 15.4 Å². The van der Waals surface area contributed by atoms with Gasteiger partial charge in [0.2, 0.25) is 5.91 Å². The van der Waals surface area contributed by atoms with Gasteiger partial charge < -0.3 is 15.4 Å². The Morgan fingerprint density at radius 1 is 1.00 bits per heavy atom. The highest BCUT2D eigenvalue weighted by molar-refractivity contribution is 7.17. The van der Waals surface area contributed by atoms with Crippen molar-refractivity contribution < 1.29 is 14.3 Å². The van der Waals surface area contributed by atoms with Crippen LogP contribution in [-0.4, -0.2) is 18.9 Å². The number of para-hydroxylation sites is 1. The molecule has 3 aromatic rings. The lowest BCUT2D eigenvalue weighted by Gasteiger charge is -2.14. The maximum absolute atomic E-state index is 13.3. The second-order valence-corrected chi connectivity index (χ2v) is 8.86. The van der Waals surface area contributed by atoms with E-state index in [9.17, 15) is 9.59 Å². The van der Waals surface area contributed by atoms with Gasteiger partial charge in [-0.05, 0) is 67.5 Å². The molecule has 0 saturated heterocycles. The van der Waals surface area contributed by atoms with Crippen LogP contribution in [0.3, 0.4) is 0 Å². The molecule has 0 radical (unpaired) electrons. The quantitative estimate of drug-likeness (QED) is 0.547. The number of nitrogens with one attached hydrogen (secondary N) is 2. The second kappa shape index (κ2) is 9.35. The highest BCUT2D eigenvalue weighted by Gasteiger charge is 2.26. The van der Waals surface area contributed by atoms with Crippen molar-refractivity contribution in [1.82, 2.24) is 0 Å². The van der Waals surface area contributed by atoms with Crippen LogP contribution in [-0.2, 0) is 24.1 Å². The Hall–Kier alpha value is -3.12. The zero-order valence-corrected chi connectivity index (χ0v) is 18.6. The molecule has 2 N–H and O–H groups in total. The van der Waals surface area contributed by atoms with Crippen LogP contribution in [0.2, 0.25) is 0 Å². The summed E-state index contributed by atoms with van der Waals surface area (Å²) in [5.74, 6) is 0.465. The summed E-state index contributed by atoms with van der Waals surface area (Å²) in [6.45, 7) is 1.97. The van der Waals surface area contributed by atoms with Gasteiger partial charge in [-0.3, -0.25) is 9.59 Å². The molecule has 2 amide bonds. The van der Waals surface area contributed by atoms with Gasteiger partial charge in [0.1, 0.15) is 10.8 Å². The molecule has 160 valence electrons. The zero-order valence-electron chi connectivity index (χ0n) is 17.8. The number of carbonyl (C=O) groups excluding carboxylic acids is 2. The van der Waals surface area contributed by atoms with Gasteiger partial charge >= 0.3 is 0 Å². The Kier molecular flexibility index (Phi) is 6.37. The van der Waals surface area contributed by atoms with Gasteiger partial charge in [-0.1, -0.05) is 30.3 Å². The number of rotatable bonds is 6. The van der Waals surface area contributed by atoms with Crippen LogP contribution in [0.15, 0.2) is 48.5 Å². The molecule has 31 heavy (non-hydrogen) atoms. The first-order chi connectivity index (χ1) is 15.0. The van der Waals surface area contributed by atoms with E-state index in [1.165, 1.54) is 16.2 Å². The van der Waals surface area contributed by atoms with E-state index in [4.69, 9.17) is 4.74 Å². The first kappa shape index (κ1) is 21.1. The van der Waals surface area contributed by atoms with Gasteiger partial charge in [-0.15, -0.1) is 11.3 Å². The number of hydrogen-bond donors (Lipinski definition) is 2. The van der Waals surface area contributed by atoms with Crippen molar-refractivity contribution in [3.8, 4) is 5.75 Å². The van der Waals surface area contributed by atoms with Crippen LogP contribution in [0, 0.1) is 6.92 Å². The summed E-state index contributed by atoms with van der Waals surface area (Å²) in [6.07, 6.45) is 4.25. The number of methoxy groups -OCH3 is 1. The highest BCUT2D eigenvalue weighted by Crippen LogP contribution is 2.38. The minimum atomic E-state index is -0.159. The standard InChI is InChI=1S/C25H26N2O3S/c1-16-7-3-5-9-20(16)26-24(29)23-19-8-4-6-10-21(19)31-25(23)27-22(28)15-17-11-13-18(30-2)14-12-17/h3,5,7,9,11-14H,4,6,8,10,15H2,1-2H3,(H,26,29)(H,27,28). The van der Waals surface area contributed by atoms with Crippen molar-refractivity contribution in [2.75, 3.05) is 17.7 Å². The molecule has 1 aliphatic carbocycles. The molecule has 0 bridgehead atoms. The molecule has 1 aliphatic rings. The molecule has 4 rings (SSSR count). The molecule has 0 aliphatic heterocycles. The lowest BCUT2D eigenvalue weighted by molar-refractivity contribution is -0.115. The van der Waals surface area contributed by atoms with Crippen LogP contribution >= 0.6 is 11.3 Å². The van der Waals surface area contributed by atoms with E-state index < -0.39 is 0 Å². The van der Waals surface area contributed by atoms with E-state index in [1.54, 1.807) is 7.11 Å². The van der Waals surface area contributed by atoms with Crippen molar-refractivity contribution >= 4 is 33.8 Å². The first-order valence-corrected chi connectivity index (χ1v) is 11.3. The molecule has 6 heteroatoms. The van der Waals surface area contributed by atoms with Crippen molar-refractivity contribution in [3.05, 3.63) is 75.7 Å². The highest BCUT2D eigenvalue weighted by atomic mass is 32.1. The molecule has 0 atom stereocenters. The van der Waals surface area contributed by atoms with E-state index in [2.05, 4.69) is 10.6 Å². The molecule has 0 saturated carbocycles. The fourth-order valence-electron chi connectivity index (χ4n) is 3.89. The van der Waals surface area contributed by atoms with E-state index >= 15 is 0 Å². The minimum absolute atomic E-state index is 0.131. The van der Waals surface area contributed by atoms with Crippen LogP contribution in [0.4, 0.5) is 10.7 Å². The van der Waals surface area contributed by atoms with Crippen molar-refractivity contribution in [1.29, 1.82) is 0 Å².